The Labute approximate surface area is 118 Å². The second-order valence-corrected chi connectivity index (χ2v) is 5.54. The standard InChI is InChI=1S/C13H18Cl2N2O/c1-8-10(2-3-18-8)7-17-6-9-4-11(14)13(16)12(15)5-9/h4-5,8,10,17H,2-3,6-7,16H2,1H3. The minimum absolute atomic E-state index is 0.344. The lowest BCUT2D eigenvalue weighted by molar-refractivity contribution is 0.105. The molecule has 0 spiro atoms. The van der Waals surface area contributed by atoms with Crippen LogP contribution in [-0.2, 0) is 11.3 Å². The fourth-order valence-electron chi connectivity index (χ4n) is 2.18. The van der Waals surface area contributed by atoms with Gasteiger partial charge < -0.3 is 15.8 Å². The third kappa shape index (κ3) is 3.29. The Morgan fingerprint density at radius 2 is 2.06 bits per heavy atom. The van der Waals surface area contributed by atoms with E-state index in [9.17, 15) is 0 Å². The molecule has 1 heterocycles. The number of nitrogens with one attached hydrogen (secondary N) is 1. The molecule has 0 saturated carbocycles. The summed E-state index contributed by atoms with van der Waals surface area (Å²) in [4.78, 5) is 0. The molecule has 1 aliphatic rings. The summed E-state index contributed by atoms with van der Waals surface area (Å²) in [5.41, 5.74) is 7.19. The molecule has 0 aromatic heterocycles. The van der Waals surface area contributed by atoms with Crippen LogP contribution in [0.1, 0.15) is 18.9 Å². The van der Waals surface area contributed by atoms with Crippen LogP contribution in [0.5, 0.6) is 0 Å². The first kappa shape index (κ1) is 13.9. The molecule has 0 bridgehead atoms. The minimum atomic E-state index is 0.344. The largest absolute Gasteiger partial charge is 0.396 e. The highest BCUT2D eigenvalue weighted by Gasteiger charge is 2.23. The summed E-state index contributed by atoms with van der Waals surface area (Å²) in [5, 5.41) is 4.43. The maximum atomic E-state index is 5.99. The highest BCUT2D eigenvalue weighted by molar-refractivity contribution is 6.38. The van der Waals surface area contributed by atoms with Crippen LogP contribution in [0, 0.1) is 5.92 Å². The van der Waals surface area contributed by atoms with Gasteiger partial charge in [-0.15, -0.1) is 0 Å². The number of nitrogen functional groups attached to an aromatic ring is 1. The van der Waals surface area contributed by atoms with Crippen molar-refractivity contribution in [2.75, 3.05) is 18.9 Å². The molecule has 2 rings (SSSR count). The van der Waals surface area contributed by atoms with Gasteiger partial charge in [0.15, 0.2) is 0 Å². The van der Waals surface area contributed by atoms with Gasteiger partial charge in [0.1, 0.15) is 0 Å². The van der Waals surface area contributed by atoms with Crippen molar-refractivity contribution in [1.82, 2.24) is 5.32 Å². The fraction of sp³-hybridized carbons (Fsp3) is 0.538. The topological polar surface area (TPSA) is 47.3 Å². The summed E-state index contributed by atoms with van der Waals surface area (Å²) in [6.45, 7) is 4.67. The monoisotopic (exact) mass is 288 g/mol. The number of anilines is 1. The molecular formula is C13H18Cl2N2O. The van der Waals surface area contributed by atoms with E-state index in [1.54, 1.807) is 0 Å². The second-order valence-electron chi connectivity index (χ2n) is 4.73. The van der Waals surface area contributed by atoms with Crippen LogP contribution in [0.15, 0.2) is 12.1 Å². The van der Waals surface area contributed by atoms with Gasteiger partial charge in [0.05, 0.1) is 21.8 Å². The van der Waals surface area contributed by atoms with Crippen LogP contribution in [0.25, 0.3) is 0 Å². The molecule has 0 amide bonds. The first-order valence-electron chi connectivity index (χ1n) is 6.13. The van der Waals surface area contributed by atoms with Gasteiger partial charge in [-0.25, -0.2) is 0 Å². The van der Waals surface area contributed by atoms with E-state index in [1.165, 1.54) is 0 Å². The zero-order chi connectivity index (χ0) is 13.1. The number of benzene rings is 1. The number of halogens is 2. The van der Waals surface area contributed by atoms with Crippen LogP contribution >= 0.6 is 23.2 Å². The number of ether oxygens (including phenoxy) is 1. The number of hydrogen-bond donors (Lipinski definition) is 2. The maximum Gasteiger partial charge on any atom is 0.0693 e. The lowest BCUT2D eigenvalue weighted by atomic mass is 10.0. The molecule has 0 aliphatic carbocycles. The van der Waals surface area contributed by atoms with Gasteiger partial charge in [0.25, 0.3) is 0 Å². The molecule has 1 aromatic rings. The van der Waals surface area contributed by atoms with Crippen molar-refractivity contribution in [2.45, 2.75) is 26.0 Å². The first-order chi connectivity index (χ1) is 8.58. The average molecular weight is 289 g/mol. The molecule has 18 heavy (non-hydrogen) atoms. The highest BCUT2D eigenvalue weighted by Crippen LogP contribution is 2.28. The van der Waals surface area contributed by atoms with E-state index in [4.69, 9.17) is 33.7 Å². The van der Waals surface area contributed by atoms with Crippen molar-refractivity contribution in [3.05, 3.63) is 27.7 Å². The van der Waals surface area contributed by atoms with Crippen molar-refractivity contribution in [3.8, 4) is 0 Å². The Kier molecular flexibility index (Phi) is 4.73. The predicted molar refractivity (Wildman–Crippen MR) is 76.1 cm³/mol. The zero-order valence-electron chi connectivity index (χ0n) is 10.4. The third-order valence-electron chi connectivity index (χ3n) is 3.41. The number of rotatable bonds is 4. The van der Waals surface area contributed by atoms with Crippen molar-refractivity contribution >= 4 is 28.9 Å². The molecule has 2 unspecified atom stereocenters. The van der Waals surface area contributed by atoms with Gasteiger partial charge in [-0.2, -0.15) is 0 Å². The summed E-state index contributed by atoms with van der Waals surface area (Å²) in [6, 6.07) is 3.70. The van der Waals surface area contributed by atoms with Gasteiger partial charge in [-0.1, -0.05) is 23.2 Å². The highest BCUT2D eigenvalue weighted by atomic mass is 35.5. The normalized spacial score (nSPS) is 23.5. The molecule has 0 radical (unpaired) electrons. The number of hydrogen-bond acceptors (Lipinski definition) is 3. The smallest absolute Gasteiger partial charge is 0.0693 e. The van der Waals surface area contributed by atoms with Crippen molar-refractivity contribution < 1.29 is 4.74 Å². The molecule has 3 nitrogen and oxygen atoms in total. The summed E-state index contributed by atoms with van der Waals surface area (Å²) >= 11 is 12.0. The fourth-order valence-corrected chi connectivity index (χ4v) is 2.72. The van der Waals surface area contributed by atoms with Gasteiger partial charge in [0.2, 0.25) is 0 Å². The van der Waals surface area contributed by atoms with E-state index in [0.29, 0.717) is 27.8 Å². The van der Waals surface area contributed by atoms with Gasteiger partial charge in [0, 0.05) is 19.7 Å². The van der Waals surface area contributed by atoms with Gasteiger partial charge in [-0.3, -0.25) is 0 Å². The Balaban J connectivity index is 1.87. The van der Waals surface area contributed by atoms with Crippen molar-refractivity contribution in [2.24, 2.45) is 5.92 Å². The summed E-state index contributed by atoms with van der Waals surface area (Å²) in [5.74, 6) is 0.588. The van der Waals surface area contributed by atoms with E-state index in [-0.39, 0.29) is 0 Å². The molecule has 1 saturated heterocycles. The van der Waals surface area contributed by atoms with Crippen LogP contribution in [0.2, 0.25) is 10.0 Å². The molecule has 5 heteroatoms. The predicted octanol–water partition coefficient (Wildman–Crippen LogP) is 3.09. The average Bonchev–Trinajstić information content (AvgIpc) is 2.72. The summed E-state index contributed by atoms with van der Waals surface area (Å²) < 4.78 is 5.52. The molecular weight excluding hydrogens is 271 g/mol. The van der Waals surface area contributed by atoms with Crippen LogP contribution in [0.4, 0.5) is 5.69 Å². The Morgan fingerprint density at radius 1 is 1.39 bits per heavy atom. The van der Waals surface area contributed by atoms with Crippen molar-refractivity contribution in [1.29, 1.82) is 0 Å². The van der Waals surface area contributed by atoms with E-state index in [1.807, 2.05) is 12.1 Å². The van der Waals surface area contributed by atoms with Crippen LogP contribution in [0.3, 0.4) is 0 Å². The molecule has 3 N–H and O–H groups in total. The minimum Gasteiger partial charge on any atom is -0.396 e. The van der Waals surface area contributed by atoms with E-state index >= 15 is 0 Å². The van der Waals surface area contributed by atoms with E-state index in [0.717, 1.165) is 31.7 Å². The number of nitrogens with two attached hydrogens (primary N) is 1. The second kappa shape index (κ2) is 6.11. The summed E-state index contributed by atoms with van der Waals surface area (Å²) in [6.07, 6.45) is 1.47. The van der Waals surface area contributed by atoms with Crippen LogP contribution < -0.4 is 11.1 Å². The van der Waals surface area contributed by atoms with E-state index < -0.39 is 0 Å². The lowest BCUT2D eigenvalue weighted by Crippen LogP contribution is -2.26. The molecule has 1 aliphatic heterocycles. The quantitative estimate of drug-likeness (QED) is 0.837. The molecule has 1 aromatic carbocycles. The SMILES string of the molecule is CC1OCCC1CNCc1cc(Cl)c(N)c(Cl)c1. The third-order valence-corrected chi connectivity index (χ3v) is 4.03. The Hall–Kier alpha value is -0.480. The maximum absolute atomic E-state index is 5.99. The molecule has 1 fully saturated rings. The Morgan fingerprint density at radius 3 is 2.61 bits per heavy atom. The van der Waals surface area contributed by atoms with Crippen LogP contribution in [-0.4, -0.2) is 19.3 Å². The summed E-state index contributed by atoms with van der Waals surface area (Å²) in [7, 11) is 0. The van der Waals surface area contributed by atoms with E-state index in [2.05, 4.69) is 12.2 Å². The first-order valence-corrected chi connectivity index (χ1v) is 6.89. The van der Waals surface area contributed by atoms with Gasteiger partial charge in [-0.05, 0) is 37.0 Å². The lowest BCUT2D eigenvalue weighted by Gasteiger charge is -2.15. The molecule has 100 valence electrons. The van der Waals surface area contributed by atoms with Gasteiger partial charge >= 0.3 is 0 Å². The Bertz CT molecular complexity index is 402. The molecule has 2 atom stereocenters. The van der Waals surface area contributed by atoms with Crippen molar-refractivity contribution in [3.63, 3.8) is 0 Å². The zero-order valence-corrected chi connectivity index (χ0v) is 11.9.